The van der Waals surface area contributed by atoms with Crippen LogP contribution < -0.4 is 0 Å². The molecule has 6 heteroatoms. The van der Waals surface area contributed by atoms with Crippen LogP contribution in [0.15, 0.2) is 0 Å². The summed E-state index contributed by atoms with van der Waals surface area (Å²) in [6, 6.07) is 0. The third-order valence-electron chi connectivity index (χ3n) is 1.94. The number of alkyl halides is 3. The van der Waals surface area contributed by atoms with Gasteiger partial charge >= 0.3 is 0 Å². The highest BCUT2D eigenvalue weighted by molar-refractivity contribution is 6.68. The summed E-state index contributed by atoms with van der Waals surface area (Å²) < 4.78 is 3.16. The van der Waals surface area contributed by atoms with Gasteiger partial charge in [0, 0.05) is 13.1 Å². The van der Waals surface area contributed by atoms with Crippen molar-refractivity contribution in [1.29, 1.82) is 0 Å². The first-order valence-corrected chi connectivity index (χ1v) is 6.09. The minimum absolute atomic E-state index is 0.310. The smallest absolute Gasteiger partial charge is 0.294 e. The number of nitrogens with zero attached hydrogens (tertiary/aromatic N) is 1. The van der Waals surface area contributed by atoms with E-state index in [1.807, 2.05) is 18.7 Å². The molecule has 0 amide bonds. The third-order valence-corrected chi connectivity index (χ3v) is 2.50. The van der Waals surface area contributed by atoms with Crippen molar-refractivity contribution in [2.45, 2.75) is 36.7 Å². The Bertz CT molecular complexity index is 179. The van der Waals surface area contributed by atoms with Crippen molar-refractivity contribution in [2.75, 3.05) is 13.1 Å². The van der Waals surface area contributed by atoms with E-state index in [-0.39, 0.29) is 0 Å². The van der Waals surface area contributed by atoms with Gasteiger partial charge in [-0.15, -0.1) is 0 Å². The molecular formula is C9H16Cl3NO2. The Hall–Kier alpha value is 0.300. The van der Waals surface area contributed by atoms with Crippen LogP contribution in [0.5, 0.6) is 0 Å². The molecule has 1 rings (SSSR count). The molecule has 1 fully saturated rings. The molecule has 0 N–H and O–H groups in total. The molecule has 1 atom stereocenters. The first kappa shape index (κ1) is 15.3. The lowest BCUT2D eigenvalue weighted by Crippen LogP contribution is -2.44. The minimum Gasteiger partial charge on any atom is -0.444 e. The van der Waals surface area contributed by atoms with Gasteiger partial charge in [-0.3, -0.25) is 9.69 Å². The number of carbonyl (C=O) groups excluding carboxylic acids is 1. The van der Waals surface area contributed by atoms with Crippen LogP contribution in [-0.4, -0.2) is 34.5 Å². The molecule has 15 heavy (non-hydrogen) atoms. The second-order valence-electron chi connectivity index (χ2n) is 2.87. The van der Waals surface area contributed by atoms with E-state index in [2.05, 4.69) is 0 Å². The molecular weight excluding hydrogens is 260 g/mol. The highest BCUT2D eigenvalue weighted by atomic mass is 35.6. The standard InChI is InChI=1S/C7H10Cl3NO2.C2H6/c8-7(9,10)6(13-5-12)11-3-1-2-4-11;1-2/h5-6H,1-4H2;1-2H3. The number of hydrogen-bond acceptors (Lipinski definition) is 3. The maximum Gasteiger partial charge on any atom is 0.294 e. The summed E-state index contributed by atoms with van der Waals surface area (Å²) in [7, 11) is 0. The lowest BCUT2D eigenvalue weighted by atomic mass is 10.4. The van der Waals surface area contributed by atoms with E-state index in [1.54, 1.807) is 0 Å². The summed E-state index contributed by atoms with van der Waals surface area (Å²) in [6.07, 6.45) is 1.32. The van der Waals surface area contributed by atoms with E-state index in [0.717, 1.165) is 25.9 Å². The van der Waals surface area contributed by atoms with Gasteiger partial charge in [0.25, 0.3) is 6.47 Å². The molecule has 1 aliphatic heterocycles. The summed E-state index contributed by atoms with van der Waals surface area (Å²) in [5.41, 5.74) is 0. The lowest BCUT2D eigenvalue weighted by Gasteiger charge is -2.30. The number of hydrogen-bond donors (Lipinski definition) is 0. The largest absolute Gasteiger partial charge is 0.444 e. The van der Waals surface area contributed by atoms with Gasteiger partial charge in [0.15, 0.2) is 0 Å². The van der Waals surface area contributed by atoms with Crippen molar-refractivity contribution in [2.24, 2.45) is 0 Å². The van der Waals surface area contributed by atoms with Gasteiger partial charge in [-0.05, 0) is 12.8 Å². The highest BCUT2D eigenvalue weighted by Crippen LogP contribution is 2.35. The van der Waals surface area contributed by atoms with E-state index in [1.165, 1.54) is 0 Å². The Balaban J connectivity index is 0.000000921. The van der Waals surface area contributed by atoms with E-state index in [4.69, 9.17) is 39.5 Å². The number of ether oxygens (including phenoxy) is 1. The van der Waals surface area contributed by atoms with Crippen molar-refractivity contribution in [3.63, 3.8) is 0 Å². The van der Waals surface area contributed by atoms with Crippen LogP contribution in [0.2, 0.25) is 0 Å². The first-order valence-electron chi connectivity index (χ1n) is 4.95. The van der Waals surface area contributed by atoms with Crippen molar-refractivity contribution >= 4 is 41.3 Å². The summed E-state index contributed by atoms with van der Waals surface area (Å²) in [4.78, 5) is 12.0. The SMILES string of the molecule is CC.O=COC(N1CCCC1)C(Cl)(Cl)Cl. The fourth-order valence-corrected chi connectivity index (χ4v) is 1.97. The lowest BCUT2D eigenvalue weighted by molar-refractivity contribution is -0.142. The molecule has 90 valence electrons. The van der Waals surface area contributed by atoms with Gasteiger partial charge in [-0.1, -0.05) is 48.7 Å². The Morgan fingerprint density at radius 1 is 1.27 bits per heavy atom. The Labute approximate surface area is 106 Å². The molecule has 0 aromatic rings. The van der Waals surface area contributed by atoms with Crippen molar-refractivity contribution in [3.05, 3.63) is 0 Å². The second kappa shape index (κ2) is 7.55. The predicted molar refractivity (Wildman–Crippen MR) is 63.4 cm³/mol. The summed E-state index contributed by atoms with van der Waals surface area (Å²) in [5.74, 6) is 0. The Morgan fingerprint density at radius 3 is 2.07 bits per heavy atom. The Kier molecular flexibility index (Phi) is 7.70. The summed E-state index contributed by atoms with van der Waals surface area (Å²) in [6.45, 7) is 5.91. The average Bonchev–Trinajstić information content (AvgIpc) is 2.68. The van der Waals surface area contributed by atoms with Gasteiger partial charge < -0.3 is 4.74 Å². The zero-order valence-electron chi connectivity index (χ0n) is 8.88. The molecule has 0 aliphatic carbocycles. The number of carbonyl (C=O) groups is 1. The van der Waals surface area contributed by atoms with Gasteiger partial charge in [-0.2, -0.15) is 0 Å². The first-order chi connectivity index (χ1) is 7.05. The summed E-state index contributed by atoms with van der Waals surface area (Å²) in [5, 5.41) is 0. The van der Waals surface area contributed by atoms with Crippen LogP contribution in [0.3, 0.4) is 0 Å². The van der Waals surface area contributed by atoms with Crippen molar-refractivity contribution in [1.82, 2.24) is 4.90 Å². The van der Waals surface area contributed by atoms with Crippen LogP contribution in [0, 0.1) is 0 Å². The molecule has 0 bridgehead atoms. The van der Waals surface area contributed by atoms with Crippen LogP contribution >= 0.6 is 34.8 Å². The average molecular weight is 277 g/mol. The van der Waals surface area contributed by atoms with Crippen LogP contribution in [0.4, 0.5) is 0 Å². The maximum absolute atomic E-state index is 10.2. The molecule has 3 nitrogen and oxygen atoms in total. The molecule has 1 saturated heterocycles. The third kappa shape index (κ3) is 5.25. The normalized spacial score (nSPS) is 19.0. The van der Waals surface area contributed by atoms with Crippen LogP contribution in [0.1, 0.15) is 26.7 Å². The van der Waals surface area contributed by atoms with E-state index in [9.17, 15) is 4.79 Å². The molecule has 0 aromatic heterocycles. The number of rotatable bonds is 3. The van der Waals surface area contributed by atoms with Crippen LogP contribution in [-0.2, 0) is 9.53 Å². The van der Waals surface area contributed by atoms with Gasteiger partial charge in [0.2, 0.25) is 10.0 Å². The number of likely N-dealkylation sites (tertiary alicyclic amines) is 1. The molecule has 1 unspecified atom stereocenters. The molecule has 1 aliphatic rings. The fraction of sp³-hybridized carbons (Fsp3) is 0.889. The molecule has 1 heterocycles. The van der Waals surface area contributed by atoms with Crippen LogP contribution in [0.25, 0.3) is 0 Å². The molecule has 0 radical (unpaired) electrons. The zero-order valence-corrected chi connectivity index (χ0v) is 11.1. The predicted octanol–water partition coefficient (Wildman–Crippen LogP) is 2.98. The maximum atomic E-state index is 10.2. The second-order valence-corrected chi connectivity index (χ2v) is 5.24. The molecule has 0 aromatic carbocycles. The Morgan fingerprint density at radius 2 is 1.73 bits per heavy atom. The van der Waals surface area contributed by atoms with Crippen molar-refractivity contribution in [3.8, 4) is 0 Å². The fourth-order valence-electron chi connectivity index (χ4n) is 1.40. The van der Waals surface area contributed by atoms with E-state index in [0.29, 0.717) is 6.47 Å². The molecule has 0 saturated carbocycles. The number of halogens is 3. The zero-order chi connectivity index (χ0) is 11.9. The topological polar surface area (TPSA) is 29.5 Å². The van der Waals surface area contributed by atoms with Crippen molar-refractivity contribution < 1.29 is 9.53 Å². The minimum atomic E-state index is -1.58. The monoisotopic (exact) mass is 275 g/mol. The highest BCUT2D eigenvalue weighted by Gasteiger charge is 2.40. The molecule has 0 spiro atoms. The van der Waals surface area contributed by atoms with Gasteiger partial charge in [0.05, 0.1) is 0 Å². The quantitative estimate of drug-likeness (QED) is 0.586. The summed E-state index contributed by atoms with van der Waals surface area (Å²) >= 11 is 17.0. The van der Waals surface area contributed by atoms with E-state index >= 15 is 0 Å². The van der Waals surface area contributed by atoms with Gasteiger partial charge in [0.1, 0.15) is 0 Å². The van der Waals surface area contributed by atoms with Gasteiger partial charge in [-0.25, -0.2) is 0 Å². The van der Waals surface area contributed by atoms with E-state index < -0.39 is 10.0 Å².